The van der Waals surface area contributed by atoms with E-state index in [0.717, 1.165) is 12.0 Å². The lowest BCUT2D eigenvalue weighted by molar-refractivity contribution is 0.0954. The first-order valence-corrected chi connectivity index (χ1v) is 6.66. The van der Waals surface area contributed by atoms with Gasteiger partial charge in [0, 0.05) is 24.5 Å². The molecule has 3 nitrogen and oxygen atoms in total. The molecule has 100 valence electrons. The third-order valence-electron chi connectivity index (χ3n) is 3.20. The average Bonchev–Trinajstić information content (AvgIpc) is 2.92. The van der Waals surface area contributed by atoms with Crippen molar-refractivity contribution < 1.29 is 4.79 Å². The number of carbonyl (C=O) groups is 1. The van der Waals surface area contributed by atoms with Crippen LogP contribution in [0.1, 0.15) is 41.3 Å². The Morgan fingerprint density at radius 3 is 2.53 bits per heavy atom. The number of H-pyrrole nitrogens is 1. The summed E-state index contributed by atoms with van der Waals surface area (Å²) in [4.78, 5) is 14.9. The molecule has 2 rings (SSSR count). The number of amides is 1. The van der Waals surface area contributed by atoms with E-state index in [1.807, 2.05) is 42.7 Å². The van der Waals surface area contributed by atoms with Crippen LogP contribution in [0, 0.1) is 0 Å². The number of aromatic nitrogens is 1. The normalized spacial score (nSPS) is 10.7. The zero-order chi connectivity index (χ0) is 13.7. The lowest BCUT2D eigenvalue weighted by Crippen LogP contribution is -2.25. The van der Waals surface area contributed by atoms with E-state index in [9.17, 15) is 4.79 Å². The Kier molecular flexibility index (Phi) is 4.39. The smallest absolute Gasteiger partial charge is 0.251 e. The van der Waals surface area contributed by atoms with E-state index in [0.29, 0.717) is 12.5 Å². The minimum atomic E-state index is -0.00848. The van der Waals surface area contributed by atoms with Gasteiger partial charge < -0.3 is 10.3 Å². The molecule has 1 heterocycles. The molecule has 1 aromatic carbocycles. The van der Waals surface area contributed by atoms with Gasteiger partial charge in [-0.3, -0.25) is 4.79 Å². The molecule has 0 aliphatic rings. The molecule has 19 heavy (non-hydrogen) atoms. The van der Waals surface area contributed by atoms with Gasteiger partial charge in [0.15, 0.2) is 0 Å². The zero-order valence-corrected chi connectivity index (χ0v) is 11.4. The Hall–Kier alpha value is -2.03. The van der Waals surface area contributed by atoms with Gasteiger partial charge in [0.05, 0.1) is 0 Å². The van der Waals surface area contributed by atoms with Crippen molar-refractivity contribution in [2.24, 2.45) is 0 Å². The molecule has 3 heteroatoms. The highest BCUT2D eigenvalue weighted by molar-refractivity contribution is 5.94. The van der Waals surface area contributed by atoms with Gasteiger partial charge in [0.1, 0.15) is 0 Å². The van der Waals surface area contributed by atoms with Crippen molar-refractivity contribution in [3.63, 3.8) is 0 Å². The molecule has 2 aromatic rings. The summed E-state index contributed by atoms with van der Waals surface area (Å²) < 4.78 is 0. The number of hydrogen-bond donors (Lipinski definition) is 2. The summed E-state index contributed by atoms with van der Waals surface area (Å²) in [5.41, 5.74) is 3.18. The van der Waals surface area contributed by atoms with Crippen LogP contribution in [0.25, 0.3) is 0 Å². The van der Waals surface area contributed by atoms with Crippen LogP contribution in [-0.4, -0.2) is 17.4 Å². The van der Waals surface area contributed by atoms with E-state index in [2.05, 4.69) is 24.1 Å². The molecular weight excluding hydrogens is 236 g/mol. The van der Waals surface area contributed by atoms with Crippen molar-refractivity contribution in [1.29, 1.82) is 0 Å². The van der Waals surface area contributed by atoms with Crippen molar-refractivity contribution in [3.05, 3.63) is 59.4 Å². The number of aromatic amines is 1. The highest BCUT2D eigenvalue weighted by atomic mass is 16.1. The summed E-state index contributed by atoms with van der Waals surface area (Å²) in [6.07, 6.45) is 4.69. The molecule has 0 bridgehead atoms. The van der Waals surface area contributed by atoms with Crippen LogP contribution in [0.4, 0.5) is 0 Å². The van der Waals surface area contributed by atoms with E-state index in [-0.39, 0.29) is 5.91 Å². The molecule has 0 unspecified atom stereocenters. The fraction of sp³-hybridized carbons (Fsp3) is 0.312. The van der Waals surface area contributed by atoms with Gasteiger partial charge in [-0.1, -0.05) is 26.0 Å². The molecule has 0 saturated heterocycles. The van der Waals surface area contributed by atoms with E-state index >= 15 is 0 Å². The minimum absolute atomic E-state index is 0.00848. The van der Waals surface area contributed by atoms with Crippen LogP contribution in [0.5, 0.6) is 0 Å². The van der Waals surface area contributed by atoms with Crippen LogP contribution < -0.4 is 5.32 Å². The summed E-state index contributed by atoms with van der Waals surface area (Å²) in [7, 11) is 0. The quantitative estimate of drug-likeness (QED) is 0.848. The monoisotopic (exact) mass is 256 g/mol. The van der Waals surface area contributed by atoms with E-state index < -0.39 is 0 Å². The SMILES string of the molecule is CC(C)c1ccc(C(=O)NCCc2cc[nH]c2)cc1. The standard InChI is InChI=1S/C16H20N2O/c1-12(2)14-3-5-15(6-4-14)16(19)18-10-8-13-7-9-17-11-13/h3-7,9,11-12,17H,8,10H2,1-2H3,(H,18,19). The lowest BCUT2D eigenvalue weighted by Gasteiger charge is -2.07. The van der Waals surface area contributed by atoms with Crippen molar-refractivity contribution in [1.82, 2.24) is 10.3 Å². The van der Waals surface area contributed by atoms with E-state index in [4.69, 9.17) is 0 Å². The van der Waals surface area contributed by atoms with Gasteiger partial charge in [0.25, 0.3) is 5.91 Å². The van der Waals surface area contributed by atoms with Gasteiger partial charge in [-0.2, -0.15) is 0 Å². The fourth-order valence-corrected chi connectivity index (χ4v) is 1.96. The molecule has 0 atom stereocenters. The van der Waals surface area contributed by atoms with Gasteiger partial charge in [0.2, 0.25) is 0 Å². The average molecular weight is 256 g/mol. The van der Waals surface area contributed by atoms with Gasteiger partial charge in [-0.05, 0) is 41.7 Å². The number of benzene rings is 1. The topological polar surface area (TPSA) is 44.9 Å². The molecule has 0 aliphatic carbocycles. The maximum Gasteiger partial charge on any atom is 0.251 e. The molecule has 0 saturated carbocycles. The van der Waals surface area contributed by atoms with Crippen LogP contribution in [0.2, 0.25) is 0 Å². The molecule has 1 aromatic heterocycles. The third kappa shape index (κ3) is 3.71. The Morgan fingerprint density at radius 2 is 1.95 bits per heavy atom. The summed E-state index contributed by atoms with van der Waals surface area (Å²) in [6, 6.07) is 9.84. The number of rotatable bonds is 5. The lowest BCUT2D eigenvalue weighted by atomic mass is 10.0. The number of hydrogen-bond acceptors (Lipinski definition) is 1. The second-order valence-electron chi connectivity index (χ2n) is 5.00. The van der Waals surface area contributed by atoms with Crippen LogP contribution >= 0.6 is 0 Å². The summed E-state index contributed by atoms with van der Waals surface area (Å²) in [5.74, 6) is 0.483. The zero-order valence-electron chi connectivity index (χ0n) is 11.4. The largest absolute Gasteiger partial charge is 0.367 e. The van der Waals surface area contributed by atoms with Crippen LogP contribution in [0.15, 0.2) is 42.7 Å². The maximum atomic E-state index is 11.9. The Balaban J connectivity index is 1.85. The maximum absolute atomic E-state index is 11.9. The van der Waals surface area contributed by atoms with Crippen molar-refractivity contribution >= 4 is 5.91 Å². The van der Waals surface area contributed by atoms with E-state index in [1.165, 1.54) is 11.1 Å². The molecule has 2 N–H and O–H groups in total. The van der Waals surface area contributed by atoms with Gasteiger partial charge >= 0.3 is 0 Å². The van der Waals surface area contributed by atoms with Crippen molar-refractivity contribution in [2.45, 2.75) is 26.2 Å². The predicted molar refractivity (Wildman–Crippen MR) is 77.4 cm³/mol. The van der Waals surface area contributed by atoms with Crippen molar-refractivity contribution in [3.8, 4) is 0 Å². The van der Waals surface area contributed by atoms with Gasteiger partial charge in [-0.25, -0.2) is 0 Å². The number of carbonyl (C=O) groups excluding carboxylic acids is 1. The summed E-state index contributed by atoms with van der Waals surface area (Å²) in [6.45, 7) is 4.94. The highest BCUT2D eigenvalue weighted by Gasteiger charge is 2.06. The Labute approximate surface area is 114 Å². The molecular formula is C16H20N2O. The summed E-state index contributed by atoms with van der Waals surface area (Å²) in [5, 5.41) is 2.93. The first-order valence-electron chi connectivity index (χ1n) is 6.66. The first kappa shape index (κ1) is 13.4. The molecule has 0 radical (unpaired) electrons. The highest BCUT2D eigenvalue weighted by Crippen LogP contribution is 2.14. The van der Waals surface area contributed by atoms with Gasteiger partial charge in [-0.15, -0.1) is 0 Å². The molecule has 0 fully saturated rings. The molecule has 0 aliphatic heterocycles. The van der Waals surface area contributed by atoms with Crippen LogP contribution in [0.3, 0.4) is 0 Å². The first-order chi connectivity index (χ1) is 9.16. The van der Waals surface area contributed by atoms with Crippen LogP contribution in [-0.2, 0) is 6.42 Å². The van der Waals surface area contributed by atoms with E-state index in [1.54, 1.807) is 0 Å². The molecule has 1 amide bonds. The van der Waals surface area contributed by atoms with Crippen molar-refractivity contribution in [2.75, 3.05) is 6.54 Å². The Morgan fingerprint density at radius 1 is 1.21 bits per heavy atom. The predicted octanol–water partition coefficient (Wildman–Crippen LogP) is 3.11. The third-order valence-corrected chi connectivity index (χ3v) is 3.20. The minimum Gasteiger partial charge on any atom is -0.367 e. The Bertz CT molecular complexity index is 512. The second-order valence-corrected chi connectivity index (χ2v) is 5.00. The fourth-order valence-electron chi connectivity index (χ4n) is 1.96. The number of nitrogens with one attached hydrogen (secondary N) is 2. The summed E-state index contributed by atoms with van der Waals surface area (Å²) >= 11 is 0. The molecule has 0 spiro atoms. The second kappa shape index (κ2) is 6.23.